The van der Waals surface area contributed by atoms with Crippen molar-refractivity contribution in [3.8, 4) is 0 Å². The van der Waals surface area contributed by atoms with E-state index in [1.807, 2.05) is 4.57 Å². The lowest BCUT2D eigenvalue weighted by atomic mass is 9.85. The third-order valence-electron chi connectivity index (χ3n) is 6.71. The molecule has 0 unspecified atom stereocenters. The molecule has 0 radical (unpaired) electrons. The van der Waals surface area contributed by atoms with E-state index in [0.717, 1.165) is 6.42 Å². The number of hydrogen-bond acceptors (Lipinski definition) is 7. The van der Waals surface area contributed by atoms with Crippen LogP contribution in [-0.2, 0) is 9.53 Å². The number of ether oxygens (including phenoxy) is 1. The summed E-state index contributed by atoms with van der Waals surface area (Å²) in [5, 5.41) is 7.37. The van der Waals surface area contributed by atoms with Crippen molar-refractivity contribution in [3.63, 3.8) is 0 Å². The molecule has 2 aromatic heterocycles. The van der Waals surface area contributed by atoms with Crippen molar-refractivity contribution in [1.82, 2.24) is 19.5 Å². The standard InChI is InChI=1S/C23H25Cl3FN7O2/c24-12-8-14(25)18(15(26)9-12)32-23-31-17-10-29-22(30-16-2-1-7-36-19(16)27)33-21(17)34(23)13-5-3-11(4-6-13)20(28)35/h8-11,13,16,19H,1-7H2,(H2,28,35)(H,31,32)(H,29,30,33)/t11-,13+,16-,19-/m1/s1. The van der Waals surface area contributed by atoms with Gasteiger partial charge in [0.1, 0.15) is 5.52 Å². The van der Waals surface area contributed by atoms with Gasteiger partial charge in [-0.25, -0.2) is 14.4 Å². The number of carbonyl (C=O) groups is 1. The predicted molar refractivity (Wildman–Crippen MR) is 138 cm³/mol. The number of hydrogen-bond donors (Lipinski definition) is 3. The first-order chi connectivity index (χ1) is 17.3. The van der Waals surface area contributed by atoms with Crippen molar-refractivity contribution >= 4 is 69.5 Å². The van der Waals surface area contributed by atoms with Gasteiger partial charge < -0.3 is 21.1 Å². The quantitative estimate of drug-likeness (QED) is 0.360. The average molecular weight is 557 g/mol. The van der Waals surface area contributed by atoms with Gasteiger partial charge in [0.25, 0.3) is 0 Å². The zero-order chi connectivity index (χ0) is 25.4. The minimum Gasteiger partial charge on any atom is -0.369 e. The number of benzene rings is 1. The molecular weight excluding hydrogens is 532 g/mol. The number of nitrogens with zero attached hydrogens (tertiary/aromatic N) is 4. The number of primary amides is 1. The molecule has 2 atom stereocenters. The Kier molecular flexibility index (Phi) is 7.39. The molecule has 1 saturated heterocycles. The minimum absolute atomic E-state index is 0.0207. The normalized spacial score (nSPS) is 24.6. The van der Waals surface area contributed by atoms with Gasteiger partial charge in [0.2, 0.25) is 24.2 Å². The Labute approximate surface area is 221 Å². The number of nitrogens with one attached hydrogen (secondary N) is 2. The number of fused-ring (bicyclic) bond motifs is 1. The molecule has 3 heterocycles. The molecule has 192 valence electrons. The zero-order valence-electron chi connectivity index (χ0n) is 19.2. The maximum Gasteiger partial charge on any atom is 0.225 e. The summed E-state index contributed by atoms with van der Waals surface area (Å²) in [4.78, 5) is 25.5. The number of rotatable bonds is 6. The highest BCUT2D eigenvalue weighted by atomic mass is 35.5. The first kappa shape index (κ1) is 25.3. The summed E-state index contributed by atoms with van der Waals surface area (Å²) >= 11 is 18.9. The molecule has 3 aromatic rings. The van der Waals surface area contributed by atoms with Crippen molar-refractivity contribution < 1.29 is 13.9 Å². The van der Waals surface area contributed by atoms with E-state index in [-0.39, 0.29) is 23.8 Å². The van der Waals surface area contributed by atoms with Gasteiger partial charge in [0, 0.05) is 17.0 Å². The molecule has 1 aromatic carbocycles. The number of nitrogens with two attached hydrogens (primary N) is 1. The van der Waals surface area contributed by atoms with E-state index in [0.29, 0.717) is 76.6 Å². The fourth-order valence-electron chi connectivity index (χ4n) is 4.84. The van der Waals surface area contributed by atoms with E-state index in [1.165, 1.54) is 0 Å². The van der Waals surface area contributed by atoms with Gasteiger partial charge in [-0.1, -0.05) is 34.8 Å². The van der Waals surface area contributed by atoms with Crippen LogP contribution < -0.4 is 16.4 Å². The molecule has 4 N–H and O–H groups in total. The van der Waals surface area contributed by atoms with Gasteiger partial charge in [0.15, 0.2) is 5.65 Å². The molecule has 0 bridgehead atoms. The third kappa shape index (κ3) is 5.18. The van der Waals surface area contributed by atoms with Crippen LogP contribution in [-0.4, -0.2) is 44.4 Å². The summed E-state index contributed by atoms with van der Waals surface area (Å²) in [7, 11) is 0. The molecule has 1 aliphatic heterocycles. The van der Waals surface area contributed by atoms with Gasteiger partial charge in [-0.3, -0.25) is 9.36 Å². The van der Waals surface area contributed by atoms with Crippen molar-refractivity contribution in [2.45, 2.75) is 57.0 Å². The van der Waals surface area contributed by atoms with E-state index in [2.05, 4.69) is 15.6 Å². The molecule has 5 rings (SSSR count). The zero-order valence-corrected chi connectivity index (χ0v) is 21.5. The summed E-state index contributed by atoms with van der Waals surface area (Å²) < 4.78 is 21.3. The summed E-state index contributed by atoms with van der Waals surface area (Å²) in [5.41, 5.74) is 7.09. The largest absolute Gasteiger partial charge is 0.369 e. The summed E-state index contributed by atoms with van der Waals surface area (Å²) in [6.45, 7) is 0.394. The molecule has 2 aliphatic rings. The topological polar surface area (TPSA) is 120 Å². The van der Waals surface area contributed by atoms with Crippen LogP contribution in [0.4, 0.5) is 22.0 Å². The van der Waals surface area contributed by atoms with E-state index in [1.54, 1.807) is 18.3 Å². The van der Waals surface area contributed by atoms with Crippen molar-refractivity contribution in [3.05, 3.63) is 33.4 Å². The van der Waals surface area contributed by atoms with Crippen LogP contribution in [0.5, 0.6) is 0 Å². The molecule has 2 fully saturated rings. The van der Waals surface area contributed by atoms with Gasteiger partial charge >= 0.3 is 0 Å². The van der Waals surface area contributed by atoms with Crippen LogP contribution in [0.3, 0.4) is 0 Å². The van der Waals surface area contributed by atoms with Crippen LogP contribution >= 0.6 is 34.8 Å². The lowest BCUT2D eigenvalue weighted by molar-refractivity contribution is -0.122. The second-order valence-electron chi connectivity index (χ2n) is 9.10. The summed E-state index contributed by atoms with van der Waals surface area (Å²) in [6.07, 6.45) is 4.22. The molecule has 9 nitrogen and oxygen atoms in total. The maximum atomic E-state index is 14.2. The van der Waals surface area contributed by atoms with Gasteiger partial charge in [-0.15, -0.1) is 0 Å². The second kappa shape index (κ2) is 10.5. The Morgan fingerprint density at radius 1 is 1.11 bits per heavy atom. The fourth-order valence-corrected chi connectivity index (χ4v) is 5.75. The molecule has 36 heavy (non-hydrogen) atoms. The number of carbonyl (C=O) groups excluding carboxylic acids is 1. The number of imidazole rings is 1. The number of alkyl halides is 1. The summed E-state index contributed by atoms with van der Waals surface area (Å²) in [6, 6.07) is 2.61. The number of halogens is 4. The van der Waals surface area contributed by atoms with E-state index >= 15 is 0 Å². The van der Waals surface area contributed by atoms with Crippen LogP contribution in [0.1, 0.15) is 44.6 Å². The highest BCUT2D eigenvalue weighted by molar-refractivity contribution is 6.41. The van der Waals surface area contributed by atoms with E-state index in [9.17, 15) is 9.18 Å². The van der Waals surface area contributed by atoms with E-state index in [4.69, 9.17) is 55.2 Å². The average Bonchev–Trinajstić information content (AvgIpc) is 3.20. The minimum atomic E-state index is -1.43. The van der Waals surface area contributed by atoms with Crippen LogP contribution in [0.25, 0.3) is 11.2 Å². The molecular formula is C23H25Cl3FN7O2. The van der Waals surface area contributed by atoms with Crippen LogP contribution in [0.15, 0.2) is 18.3 Å². The first-order valence-corrected chi connectivity index (χ1v) is 12.9. The Morgan fingerprint density at radius 3 is 2.50 bits per heavy atom. The van der Waals surface area contributed by atoms with Gasteiger partial charge in [-0.05, 0) is 50.7 Å². The van der Waals surface area contributed by atoms with Crippen LogP contribution in [0, 0.1) is 5.92 Å². The SMILES string of the molecule is NC(=O)[C@H]1CC[C@@H](n2c(Nc3c(Cl)cc(Cl)cc3Cl)nc3cnc(N[C@@H]4CCCO[C@H]4F)nc32)CC1. The van der Waals surface area contributed by atoms with Gasteiger partial charge in [-0.2, -0.15) is 4.98 Å². The predicted octanol–water partition coefficient (Wildman–Crippen LogP) is 5.63. The Balaban J connectivity index is 1.53. The number of aromatic nitrogens is 4. The Bertz CT molecular complexity index is 1260. The van der Waals surface area contributed by atoms with Crippen molar-refractivity contribution in [1.29, 1.82) is 0 Å². The molecule has 13 heteroatoms. The van der Waals surface area contributed by atoms with E-state index < -0.39 is 12.4 Å². The third-order valence-corrected chi connectivity index (χ3v) is 7.52. The number of amides is 1. The Morgan fingerprint density at radius 2 is 1.83 bits per heavy atom. The van der Waals surface area contributed by atoms with Crippen LogP contribution in [0.2, 0.25) is 15.1 Å². The molecule has 0 spiro atoms. The van der Waals surface area contributed by atoms with Crippen molar-refractivity contribution in [2.24, 2.45) is 11.7 Å². The molecule has 1 aliphatic carbocycles. The smallest absolute Gasteiger partial charge is 0.225 e. The summed E-state index contributed by atoms with van der Waals surface area (Å²) in [5.74, 6) is 0.301. The van der Waals surface area contributed by atoms with Crippen molar-refractivity contribution in [2.75, 3.05) is 17.2 Å². The fraction of sp³-hybridized carbons (Fsp3) is 0.478. The monoisotopic (exact) mass is 555 g/mol. The maximum absolute atomic E-state index is 14.2. The molecule has 1 amide bonds. The second-order valence-corrected chi connectivity index (χ2v) is 10.4. The van der Waals surface area contributed by atoms with Gasteiger partial charge in [0.05, 0.1) is 34.6 Å². The highest BCUT2D eigenvalue weighted by Gasteiger charge is 2.30. The Hall–Kier alpha value is -2.40. The lowest BCUT2D eigenvalue weighted by Gasteiger charge is -2.29. The first-order valence-electron chi connectivity index (χ1n) is 11.8. The number of anilines is 3. The highest BCUT2D eigenvalue weighted by Crippen LogP contribution is 2.40. The lowest BCUT2D eigenvalue weighted by Crippen LogP contribution is -2.37. The molecule has 1 saturated carbocycles.